The van der Waals surface area contributed by atoms with Gasteiger partial charge in [0.05, 0.1) is 12.4 Å². The number of hydrogen-bond donors (Lipinski definition) is 1. The number of fused-ring (bicyclic) bond motifs is 1. The van der Waals surface area contributed by atoms with E-state index in [1.165, 1.54) is 0 Å². The molecule has 2 heterocycles. The highest BCUT2D eigenvalue weighted by atomic mass is 32.2. The van der Waals surface area contributed by atoms with E-state index in [0.717, 1.165) is 13.0 Å². The van der Waals surface area contributed by atoms with Gasteiger partial charge in [0, 0.05) is 25.7 Å². The lowest BCUT2D eigenvalue weighted by atomic mass is 10.1. The van der Waals surface area contributed by atoms with E-state index in [2.05, 4.69) is 5.32 Å². The molecule has 0 aromatic rings. The van der Waals surface area contributed by atoms with E-state index in [1.807, 2.05) is 6.92 Å². The monoisotopic (exact) mass is 248 g/mol. The Labute approximate surface area is 97.2 Å². The van der Waals surface area contributed by atoms with Crippen LogP contribution in [0.2, 0.25) is 0 Å². The Morgan fingerprint density at radius 1 is 1.44 bits per heavy atom. The van der Waals surface area contributed by atoms with E-state index in [1.54, 1.807) is 4.31 Å². The molecule has 2 aliphatic rings. The van der Waals surface area contributed by atoms with Gasteiger partial charge in [0.1, 0.15) is 0 Å². The molecule has 0 amide bonds. The van der Waals surface area contributed by atoms with Crippen molar-refractivity contribution in [3.8, 4) is 0 Å². The minimum Gasteiger partial charge on any atom is -0.381 e. The largest absolute Gasteiger partial charge is 0.381 e. The van der Waals surface area contributed by atoms with Crippen LogP contribution in [0.1, 0.15) is 13.3 Å². The van der Waals surface area contributed by atoms with Crippen LogP contribution in [0.3, 0.4) is 0 Å². The number of rotatable bonds is 5. The molecule has 5 nitrogen and oxygen atoms in total. The lowest BCUT2D eigenvalue weighted by Crippen LogP contribution is -2.36. The smallest absolute Gasteiger partial charge is 0.216 e. The van der Waals surface area contributed by atoms with E-state index in [4.69, 9.17) is 4.74 Å². The van der Waals surface area contributed by atoms with Gasteiger partial charge < -0.3 is 10.1 Å². The fraction of sp³-hybridized carbons (Fsp3) is 1.00. The third-order valence-electron chi connectivity index (χ3n) is 3.41. The fourth-order valence-corrected chi connectivity index (χ4v) is 3.87. The van der Waals surface area contributed by atoms with E-state index in [-0.39, 0.29) is 5.75 Å². The summed E-state index contributed by atoms with van der Waals surface area (Å²) in [5.74, 6) is 0.627. The maximum absolute atomic E-state index is 12.0. The normalized spacial score (nSPS) is 30.8. The van der Waals surface area contributed by atoms with Gasteiger partial charge in [-0.1, -0.05) is 0 Å². The van der Waals surface area contributed by atoms with Crippen molar-refractivity contribution >= 4 is 10.0 Å². The summed E-state index contributed by atoms with van der Waals surface area (Å²) >= 11 is 0. The van der Waals surface area contributed by atoms with Crippen molar-refractivity contribution in [1.29, 1.82) is 0 Å². The zero-order valence-corrected chi connectivity index (χ0v) is 10.5. The second kappa shape index (κ2) is 5.00. The quantitative estimate of drug-likeness (QED) is 0.676. The predicted octanol–water partition coefficient (Wildman–Crippen LogP) is -0.354. The second-order valence-corrected chi connectivity index (χ2v) is 6.53. The van der Waals surface area contributed by atoms with E-state index >= 15 is 0 Å². The van der Waals surface area contributed by atoms with E-state index in [9.17, 15) is 8.42 Å². The SMILES string of the molecule is CCOCCS(=O)(=O)N1C[C@@H]2CCN[C@@H]2C1. The topological polar surface area (TPSA) is 58.6 Å². The molecule has 0 bridgehead atoms. The molecule has 0 radical (unpaired) electrons. The molecule has 0 spiro atoms. The summed E-state index contributed by atoms with van der Waals surface area (Å²) in [7, 11) is -3.11. The molecule has 0 aromatic heterocycles. The molecule has 0 saturated carbocycles. The molecule has 16 heavy (non-hydrogen) atoms. The highest BCUT2D eigenvalue weighted by Gasteiger charge is 2.40. The second-order valence-electron chi connectivity index (χ2n) is 4.44. The maximum Gasteiger partial charge on any atom is 0.216 e. The molecule has 2 aliphatic heterocycles. The highest BCUT2D eigenvalue weighted by molar-refractivity contribution is 7.89. The average molecular weight is 248 g/mol. The molecule has 2 saturated heterocycles. The van der Waals surface area contributed by atoms with E-state index in [0.29, 0.717) is 38.3 Å². The number of hydrogen-bond acceptors (Lipinski definition) is 4. The maximum atomic E-state index is 12.0. The summed E-state index contributed by atoms with van der Waals surface area (Å²) in [6.07, 6.45) is 1.10. The highest BCUT2D eigenvalue weighted by Crippen LogP contribution is 2.26. The molecule has 1 N–H and O–H groups in total. The van der Waals surface area contributed by atoms with Crippen LogP contribution >= 0.6 is 0 Å². The summed E-state index contributed by atoms with van der Waals surface area (Å²) in [5.41, 5.74) is 0. The van der Waals surface area contributed by atoms with Crippen LogP contribution in [0.4, 0.5) is 0 Å². The van der Waals surface area contributed by atoms with Crippen LogP contribution in [0.15, 0.2) is 0 Å². The average Bonchev–Trinajstić information content (AvgIpc) is 2.76. The molecule has 2 atom stereocenters. The molecule has 0 aliphatic carbocycles. The van der Waals surface area contributed by atoms with Crippen molar-refractivity contribution in [1.82, 2.24) is 9.62 Å². The first kappa shape index (κ1) is 12.3. The summed E-state index contributed by atoms with van der Waals surface area (Å²) in [6, 6.07) is 0.377. The van der Waals surface area contributed by atoms with E-state index < -0.39 is 10.0 Å². The number of nitrogens with zero attached hydrogens (tertiary/aromatic N) is 1. The van der Waals surface area contributed by atoms with Crippen LogP contribution in [-0.4, -0.2) is 57.4 Å². The Balaban J connectivity index is 1.88. The first-order chi connectivity index (χ1) is 7.63. The van der Waals surface area contributed by atoms with Gasteiger partial charge in [0.2, 0.25) is 10.0 Å². The summed E-state index contributed by atoms with van der Waals surface area (Å²) in [6.45, 7) is 5.10. The van der Waals surface area contributed by atoms with Gasteiger partial charge in [-0.3, -0.25) is 0 Å². The van der Waals surface area contributed by atoms with Crippen molar-refractivity contribution in [3.05, 3.63) is 0 Å². The van der Waals surface area contributed by atoms with Crippen molar-refractivity contribution in [2.45, 2.75) is 19.4 Å². The molecule has 2 fully saturated rings. The number of nitrogens with one attached hydrogen (secondary N) is 1. The predicted molar refractivity (Wildman–Crippen MR) is 61.8 cm³/mol. The fourth-order valence-electron chi connectivity index (χ4n) is 2.47. The summed E-state index contributed by atoms with van der Waals surface area (Å²) < 4.78 is 30.6. The lowest BCUT2D eigenvalue weighted by Gasteiger charge is -2.17. The zero-order valence-electron chi connectivity index (χ0n) is 9.68. The lowest BCUT2D eigenvalue weighted by molar-refractivity contribution is 0.162. The number of sulfonamides is 1. The minimum absolute atomic E-state index is 0.111. The van der Waals surface area contributed by atoms with Gasteiger partial charge in [-0.2, -0.15) is 4.31 Å². The Kier molecular flexibility index (Phi) is 3.84. The van der Waals surface area contributed by atoms with Crippen LogP contribution in [0, 0.1) is 5.92 Å². The van der Waals surface area contributed by atoms with Crippen LogP contribution in [0.5, 0.6) is 0 Å². The van der Waals surface area contributed by atoms with Gasteiger partial charge in [-0.25, -0.2) is 8.42 Å². The minimum atomic E-state index is -3.11. The van der Waals surface area contributed by atoms with Gasteiger partial charge in [0.25, 0.3) is 0 Å². The first-order valence-corrected chi connectivity index (χ1v) is 7.53. The zero-order chi connectivity index (χ0) is 11.6. The third-order valence-corrected chi connectivity index (χ3v) is 5.18. The molecule has 0 unspecified atom stereocenters. The van der Waals surface area contributed by atoms with Crippen LogP contribution < -0.4 is 5.32 Å². The van der Waals surface area contributed by atoms with Gasteiger partial charge in [-0.15, -0.1) is 0 Å². The molecular weight excluding hydrogens is 228 g/mol. The third kappa shape index (κ3) is 2.56. The van der Waals surface area contributed by atoms with Gasteiger partial charge >= 0.3 is 0 Å². The van der Waals surface area contributed by atoms with Gasteiger partial charge in [-0.05, 0) is 25.8 Å². The van der Waals surface area contributed by atoms with Gasteiger partial charge in [0.15, 0.2) is 0 Å². The summed E-state index contributed by atoms with van der Waals surface area (Å²) in [4.78, 5) is 0. The molecule has 0 aromatic carbocycles. The molecule has 2 rings (SSSR count). The standard InChI is InChI=1S/C10H20N2O3S/c1-2-15-5-6-16(13,14)12-7-9-3-4-11-10(9)8-12/h9-11H,2-8H2,1H3/t9-,10+/m0/s1. The van der Waals surface area contributed by atoms with Crippen molar-refractivity contribution in [3.63, 3.8) is 0 Å². The Hall–Kier alpha value is -0.170. The Morgan fingerprint density at radius 2 is 2.25 bits per heavy atom. The summed E-state index contributed by atoms with van der Waals surface area (Å²) in [5, 5.41) is 3.35. The van der Waals surface area contributed by atoms with Crippen LogP contribution in [-0.2, 0) is 14.8 Å². The Bertz CT molecular complexity index is 319. The first-order valence-electron chi connectivity index (χ1n) is 5.92. The van der Waals surface area contributed by atoms with Crippen LogP contribution in [0.25, 0.3) is 0 Å². The van der Waals surface area contributed by atoms with Crippen molar-refractivity contribution in [2.75, 3.05) is 38.6 Å². The Morgan fingerprint density at radius 3 is 2.94 bits per heavy atom. The number of ether oxygens (including phenoxy) is 1. The molecule has 94 valence electrons. The van der Waals surface area contributed by atoms with Crippen molar-refractivity contribution < 1.29 is 13.2 Å². The molecular formula is C10H20N2O3S. The van der Waals surface area contributed by atoms with Crippen molar-refractivity contribution in [2.24, 2.45) is 5.92 Å². The molecule has 6 heteroatoms.